The van der Waals surface area contributed by atoms with Gasteiger partial charge in [-0.1, -0.05) is 72.8 Å². The van der Waals surface area contributed by atoms with Gasteiger partial charge in [0.25, 0.3) is 0 Å². The Morgan fingerprint density at radius 1 is 0.875 bits per heavy atom. The number of nitrogens with two attached hydrogens (primary N) is 1. The van der Waals surface area contributed by atoms with Crippen molar-refractivity contribution in [2.75, 3.05) is 11.1 Å². The number of para-hydroxylation sites is 1. The number of ether oxygens (including phenoxy) is 1. The summed E-state index contributed by atoms with van der Waals surface area (Å²) in [4.78, 5) is 12.1. The van der Waals surface area contributed by atoms with Gasteiger partial charge in [0, 0.05) is 5.56 Å². The van der Waals surface area contributed by atoms with Crippen molar-refractivity contribution in [3.8, 4) is 11.1 Å². The minimum absolute atomic E-state index is 0.208. The first kappa shape index (κ1) is 15.6. The molecule has 0 aromatic heterocycles. The van der Waals surface area contributed by atoms with Crippen LogP contribution in [0.5, 0.6) is 0 Å². The number of nitrogens with one attached hydrogen (secondary N) is 1. The molecule has 3 aromatic carbocycles. The van der Waals surface area contributed by atoms with Gasteiger partial charge in [0.15, 0.2) is 0 Å². The number of carbonyl (C=O) groups excluding carboxylic acids is 1. The number of carbonyl (C=O) groups is 1. The smallest absolute Gasteiger partial charge is 0.412 e. The standard InChI is InChI=1S/C20H18N2O2/c21-18-13-7-12-17(16-10-5-2-6-11-16)19(18)22-20(23)24-14-15-8-3-1-4-9-15/h1-13H,14,21H2,(H,22,23). The zero-order valence-electron chi connectivity index (χ0n) is 13.1. The summed E-state index contributed by atoms with van der Waals surface area (Å²) in [5.41, 5.74) is 9.85. The van der Waals surface area contributed by atoms with Crippen LogP contribution in [0.2, 0.25) is 0 Å². The predicted molar refractivity (Wildman–Crippen MR) is 96.5 cm³/mol. The fourth-order valence-electron chi connectivity index (χ4n) is 2.43. The first-order valence-electron chi connectivity index (χ1n) is 7.65. The predicted octanol–water partition coefficient (Wildman–Crippen LogP) is 4.68. The first-order chi connectivity index (χ1) is 11.7. The largest absolute Gasteiger partial charge is 0.444 e. The minimum Gasteiger partial charge on any atom is -0.444 e. The topological polar surface area (TPSA) is 64.3 Å². The van der Waals surface area contributed by atoms with Gasteiger partial charge in [-0.3, -0.25) is 5.32 Å². The highest BCUT2D eigenvalue weighted by molar-refractivity contribution is 5.96. The molecule has 3 rings (SSSR count). The highest BCUT2D eigenvalue weighted by atomic mass is 16.5. The Labute approximate surface area is 140 Å². The molecule has 24 heavy (non-hydrogen) atoms. The molecule has 120 valence electrons. The maximum atomic E-state index is 12.1. The summed E-state index contributed by atoms with van der Waals surface area (Å²) >= 11 is 0. The molecule has 0 saturated heterocycles. The van der Waals surface area contributed by atoms with Gasteiger partial charge in [0.1, 0.15) is 6.61 Å². The van der Waals surface area contributed by atoms with Crippen LogP contribution in [-0.2, 0) is 11.3 Å². The molecule has 1 amide bonds. The Morgan fingerprint density at radius 3 is 2.25 bits per heavy atom. The molecule has 0 saturated carbocycles. The molecule has 3 N–H and O–H groups in total. The van der Waals surface area contributed by atoms with Gasteiger partial charge in [-0.05, 0) is 17.2 Å². The van der Waals surface area contributed by atoms with Gasteiger partial charge >= 0.3 is 6.09 Å². The van der Waals surface area contributed by atoms with E-state index in [1.165, 1.54) is 0 Å². The zero-order valence-corrected chi connectivity index (χ0v) is 13.1. The van der Waals surface area contributed by atoms with Crippen LogP contribution in [-0.4, -0.2) is 6.09 Å². The van der Waals surface area contributed by atoms with Crippen LogP contribution in [0.25, 0.3) is 11.1 Å². The fourth-order valence-corrected chi connectivity index (χ4v) is 2.43. The monoisotopic (exact) mass is 318 g/mol. The van der Waals surface area contributed by atoms with E-state index in [1.54, 1.807) is 6.07 Å². The Kier molecular flexibility index (Phi) is 4.77. The highest BCUT2D eigenvalue weighted by Crippen LogP contribution is 2.32. The molecule has 3 aromatic rings. The minimum atomic E-state index is -0.533. The van der Waals surface area contributed by atoms with Gasteiger partial charge < -0.3 is 10.5 Å². The number of benzene rings is 3. The number of anilines is 2. The Morgan fingerprint density at radius 2 is 1.54 bits per heavy atom. The average molecular weight is 318 g/mol. The van der Waals surface area contributed by atoms with E-state index < -0.39 is 6.09 Å². The van der Waals surface area contributed by atoms with E-state index in [9.17, 15) is 4.79 Å². The third-order valence-electron chi connectivity index (χ3n) is 3.62. The molecule has 0 unspecified atom stereocenters. The maximum Gasteiger partial charge on any atom is 0.412 e. The number of rotatable bonds is 4. The summed E-state index contributed by atoms with van der Waals surface area (Å²) in [7, 11) is 0. The lowest BCUT2D eigenvalue weighted by Crippen LogP contribution is -2.15. The van der Waals surface area contributed by atoms with Gasteiger partial charge in [0.2, 0.25) is 0 Å². The van der Waals surface area contributed by atoms with Crippen LogP contribution in [0.1, 0.15) is 5.56 Å². The average Bonchev–Trinajstić information content (AvgIpc) is 2.63. The van der Waals surface area contributed by atoms with Crippen LogP contribution in [0.4, 0.5) is 16.2 Å². The number of hydrogen-bond acceptors (Lipinski definition) is 3. The van der Waals surface area contributed by atoms with E-state index in [4.69, 9.17) is 10.5 Å². The van der Waals surface area contributed by atoms with Crippen molar-refractivity contribution < 1.29 is 9.53 Å². The van der Waals surface area contributed by atoms with E-state index in [0.29, 0.717) is 11.4 Å². The van der Waals surface area contributed by atoms with Crippen LogP contribution < -0.4 is 11.1 Å². The molecule has 0 aliphatic heterocycles. The van der Waals surface area contributed by atoms with E-state index in [0.717, 1.165) is 16.7 Å². The fraction of sp³-hybridized carbons (Fsp3) is 0.0500. The molecule has 0 spiro atoms. The van der Waals surface area contributed by atoms with E-state index in [1.807, 2.05) is 72.8 Å². The van der Waals surface area contributed by atoms with E-state index in [2.05, 4.69) is 5.32 Å². The van der Waals surface area contributed by atoms with Crippen molar-refractivity contribution in [3.63, 3.8) is 0 Å². The zero-order chi connectivity index (χ0) is 16.8. The quantitative estimate of drug-likeness (QED) is 0.686. The lowest BCUT2D eigenvalue weighted by molar-refractivity contribution is 0.155. The van der Waals surface area contributed by atoms with Crippen molar-refractivity contribution in [2.45, 2.75) is 6.61 Å². The molecule has 0 heterocycles. The highest BCUT2D eigenvalue weighted by Gasteiger charge is 2.12. The number of amides is 1. The maximum absolute atomic E-state index is 12.1. The van der Waals surface area contributed by atoms with E-state index >= 15 is 0 Å². The third kappa shape index (κ3) is 3.73. The Hall–Kier alpha value is -3.27. The van der Waals surface area contributed by atoms with Crippen LogP contribution >= 0.6 is 0 Å². The summed E-state index contributed by atoms with van der Waals surface area (Å²) in [6.07, 6.45) is -0.533. The normalized spacial score (nSPS) is 10.2. The van der Waals surface area contributed by atoms with Crippen molar-refractivity contribution in [1.29, 1.82) is 0 Å². The second kappa shape index (κ2) is 7.33. The molecule has 4 nitrogen and oxygen atoms in total. The first-order valence-corrected chi connectivity index (χ1v) is 7.65. The molecule has 4 heteroatoms. The van der Waals surface area contributed by atoms with E-state index in [-0.39, 0.29) is 6.61 Å². The molecule has 0 aliphatic carbocycles. The van der Waals surface area contributed by atoms with Gasteiger partial charge in [-0.15, -0.1) is 0 Å². The molecular formula is C20H18N2O2. The van der Waals surface area contributed by atoms with Crippen molar-refractivity contribution in [1.82, 2.24) is 0 Å². The summed E-state index contributed by atoms with van der Waals surface area (Å²) in [5, 5.41) is 2.76. The van der Waals surface area contributed by atoms with Gasteiger partial charge in [0.05, 0.1) is 11.4 Å². The van der Waals surface area contributed by atoms with Gasteiger partial charge in [-0.25, -0.2) is 4.79 Å². The Balaban J connectivity index is 1.76. The van der Waals surface area contributed by atoms with Crippen LogP contribution in [0.3, 0.4) is 0 Å². The second-order valence-corrected chi connectivity index (χ2v) is 5.32. The molecule has 0 fully saturated rings. The lowest BCUT2D eigenvalue weighted by atomic mass is 10.0. The number of nitrogen functional groups attached to an aromatic ring is 1. The van der Waals surface area contributed by atoms with Gasteiger partial charge in [-0.2, -0.15) is 0 Å². The molecule has 0 aliphatic rings. The SMILES string of the molecule is Nc1cccc(-c2ccccc2)c1NC(=O)OCc1ccccc1. The second-order valence-electron chi connectivity index (χ2n) is 5.32. The summed E-state index contributed by atoms with van der Waals surface area (Å²) in [6.45, 7) is 0.208. The van der Waals surface area contributed by atoms with Crippen LogP contribution in [0.15, 0.2) is 78.9 Å². The molecule has 0 bridgehead atoms. The number of hydrogen-bond donors (Lipinski definition) is 2. The summed E-state index contributed by atoms with van der Waals surface area (Å²) in [6, 6.07) is 24.8. The molecule has 0 radical (unpaired) electrons. The van der Waals surface area contributed by atoms with Crippen LogP contribution in [0, 0.1) is 0 Å². The molecule has 0 atom stereocenters. The molecular weight excluding hydrogens is 300 g/mol. The lowest BCUT2D eigenvalue weighted by Gasteiger charge is -2.14. The van der Waals surface area contributed by atoms with Crippen molar-refractivity contribution >= 4 is 17.5 Å². The summed E-state index contributed by atoms with van der Waals surface area (Å²) < 4.78 is 5.27. The third-order valence-corrected chi connectivity index (χ3v) is 3.62. The summed E-state index contributed by atoms with van der Waals surface area (Å²) in [5.74, 6) is 0. The van der Waals surface area contributed by atoms with Crippen molar-refractivity contribution in [3.05, 3.63) is 84.4 Å². The van der Waals surface area contributed by atoms with Crippen molar-refractivity contribution in [2.24, 2.45) is 0 Å². The Bertz CT molecular complexity index is 818.